The van der Waals surface area contributed by atoms with Crippen LogP contribution in [0.1, 0.15) is 25.5 Å². The van der Waals surface area contributed by atoms with E-state index in [2.05, 4.69) is 15.6 Å². The first-order valence-corrected chi connectivity index (χ1v) is 7.73. The molecule has 0 bridgehead atoms. The number of H-pyrrole nitrogens is 1. The second kappa shape index (κ2) is 5.95. The summed E-state index contributed by atoms with van der Waals surface area (Å²) in [5, 5.41) is 6.52. The Morgan fingerprint density at radius 1 is 1.30 bits per heavy atom. The number of aromatic nitrogens is 1. The van der Waals surface area contributed by atoms with Gasteiger partial charge in [0.2, 0.25) is 5.91 Å². The summed E-state index contributed by atoms with van der Waals surface area (Å²) in [5.74, 6) is 0.573. The fraction of sp³-hybridized carbons (Fsp3) is 0.412. The van der Waals surface area contributed by atoms with Gasteiger partial charge in [0.05, 0.1) is 6.54 Å². The summed E-state index contributed by atoms with van der Waals surface area (Å²) in [6.45, 7) is 2.46. The predicted molar refractivity (Wildman–Crippen MR) is 87.0 cm³/mol. The number of rotatable bonds is 6. The Bertz CT molecular complexity index is 747. The van der Waals surface area contributed by atoms with Gasteiger partial charge in [0, 0.05) is 29.7 Å². The Kier molecular flexibility index (Phi) is 3.98. The molecule has 3 N–H and O–H groups in total. The Labute approximate surface area is 134 Å². The van der Waals surface area contributed by atoms with Gasteiger partial charge in [0.25, 0.3) is 5.91 Å². The lowest BCUT2D eigenvalue weighted by Crippen LogP contribution is -2.29. The SMILES string of the molecule is CNC(=O)COc1ccc2cc(CNC(=O)C3(C)CC3)[nH]c2c1. The highest BCUT2D eigenvalue weighted by molar-refractivity contribution is 5.85. The number of amides is 2. The number of hydrogen-bond donors (Lipinski definition) is 3. The number of aromatic amines is 1. The van der Waals surface area contributed by atoms with E-state index < -0.39 is 0 Å². The second-order valence-corrected chi connectivity index (χ2v) is 6.25. The minimum Gasteiger partial charge on any atom is -0.484 e. The summed E-state index contributed by atoms with van der Waals surface area (Å²) in [7, 11) is 1.57. The van der Waals surface area contributed by atoms with Gasteiger partial charge in [-0.15, -0.1) is 0 Å². The van der Waals surface area contributed by atoms with Crippen LogP contribution in [0.15, 0.2) is 24.3 Å². The number of likely N-dealkylation sites (N-methyl/N-ethyl adjacent to an activating group) is 1. The van der Waals surface area contributed by atoms with Crippen molar-refractivity contribution in [3.8, 4) is 5.75 Å². The highest BCUT2D eigenvalue weighted by atomic mass is 16.5. The molecular formula is C17H21N3O3. The van der Waals surface area contributed by atoms with Crippen LogP contribution >= 0.6 is 0 Å². The molecule has 1 aromatic carbocycles. The summed E-state index contributed by atoms with van der Waals surface area (Å²) in [6, 6.07) is 7.62. The molecule has 1 aliphatic carbocycles. The first-order chi connectivity index (χ1) is 11.0. The fourth-order valence-electron chi connectivity index (χ4n) is 2.38. The Morgan fingerprint density at radius 2 is 2.09 bits per heavy atom. The molecular weight excluding hydrogens is 294 g/mol. The molecule has 6 nitrogen and oxygen atoms in total. The van der Waals surface area contributed by atoms with E-state index in [1.807, 2.05) is 31.2 Å². The molecule has 2 aromatic rings. The van der Waals surface area contributed by atoms with Crippen LogP contribution in [0.3, 0.4) is 0 Å². The molecule has 1 aliphatic rings. The number of carbonyl (C=O) groups is 2. The average Bonchev–Trinajstić information content (AvgIpc) is 3.17. The smallest absolute Gasteiger partial charge is 0.257 e. The van der Waals surface area contributed by atoms with Crippen LogP contribution in [0.4, 0.5) is 0 Å². The largest absolute Gasteiger partial charge is 0.484 e. The lowest BCUT2D eigenvalue weighted by molar-refractivity contribution is -0.126. The molecule has 0 aliphatic heterocycles. The van der Waals surface area contributed by atoms with E-state index in [9.17, 15) is 9.59 Å². The van der Waals surface area contributed by atoms with Crippen molar-refractivity contribution in [2.24, 2.45) is 5.41 Å². The van der Waals surface area contributed by atoms with E-state index in [-0.39, 0.29) is 23.8 Å². The number of hydrogen-bond acceptors (Lipinski definition) is 3. The highest BCUT2D eigenvalue weighted by Crippen LogP contribution is 2.45. The molecule has 1 saturated carbocycles. The topological polar surface area (TPSA) is 83.2 Å². The molecule has 122 valence electrons. The molecule has 2 amide bonds. The lowest BCUT2D eigenvalue weighted by Gasteiger charge is -2.08. The molecule has 0 radical (unpaired) electrons. The molecule has 1 fully saturated rings. The first-order valence-electron chi connectivity index (χ1n) is 7.73. The molecule has 23 heavy (non-hydrogen) atoms. The zero-order valence-corrected chi connectivity index (χ0v) is 13.4. The van der Waals surface area contributed by atoms with Crippen LogP contribution in [0.5, 0.6) is 5.75 Å². The van der Waals surface area contributed by atoms with Gasteiger partial charge in [-0.2, -0.15) is 0 Å². The molecule has 0 atom stereocenters. The van der Waals surface area contributed by atoms with E-state index in [0.717, 1.165) is 29.4 Å². The quantitative estimate of drug-likeness (QED) is 0.759. The van der Waals surface area contributed by atoms with Gasteiger partial charge in [-0.05, 0) is 36.4 Å². The van der Waals surface area contributed by atoms with Gasteiger partial charge in [0.15, 0.2) is 6.61 Å². The summed E-state index contributed by atoms with van der Waals surface area (Å²) in [4.78, 5) is 26.4. The van der Waals surface area contributed by atoms with Crippen molar-refractivity contribution in [3.05, 3.63) is 30.0 Å². The number of fused-ring (bicyclic) bond motifs is 1. The summed E-state index contributed by atoms with van der Waals surface area (Å²) >= 11 is 0. The first kappa shape index (κ1) is 15.4. The third-order valence-electron chi connectivity index (χ3n) is 4.29. The number of ether oxygens (including phenoxy) is 1. The van der Waals surface area contributed by atoms with Crippen molar-refractivity contribution in [1.82, 2.24) is 15.6 Å². The van der Waals surface area contributed by atoms with Crippen LogP contribution < -0.4 is 15.4 Å². The van der Waals surface area contributed by atoms with E-state index >= 15 is 0 Å². The minimum atomic E-state index is -0.173. The molecule has 0 unspecified atom stereocenters. The number of benzene rings is 1. The molecule has 0 saturated heterocycles. The number of carbonyl (C=O) groups excluding carboxylic acids is 2. The Morgan fingerprint density at radius 3 is 2.78 bits per heavy atom. The lowest BCUT2D eigenvalue weighted by atomic mass is 10.1. The van der Waals surface area contributed by atoms with Crippen molar-refractivity contribution in [2.75, 3.05) is 13.7 Å². The maximum absolute atomic E-state index is 12.0. The summed E-state index contributed by atoms with van der Waals surface area (Å²) < 4.78 is 5.43. The van der Waals surface area contributed by atoms with E-state index in [1.54, 1.807) is 7.05 Å². The van der Waals surface area contributed by atoms with E-state index in [0.29, 0.717) is 12.3 Å². The summed E-state index contributed by atoms with van der Waals surface area (Å²) in [6.07, 6.45) is 1.94. The molecule has 1 aromatic heterocycles. The van der Waals surface area contributed by atoms with E-state index in [4.69, 9.17) is 4.74 Å². The maximum Gasteiger partial charge on any atom is 0.257 e. The van der Waals surface area contributed by atoms with Gasteiger partial charge in [-0.3, -0.25) is 9.59 Å². The van der Waals surface area contributed by atoms with Crippen LogP contribution in [-0.2, 0) is 16.1 Å². The predicted octanol–water partition coefficient (Wildman–Crippen LogP) is 1.71. The number of nitrogens with one attached hydrogen (secondary N) is 3. The Balaban J connectivity index is 1.64. The minimum absolute atomic E-state index is 0.00971. The van der Waals surface area contributed by atoms with E-state index in [1.165, 1.54) is 0 Å². The Hall–Kier alpha value is -2.50. The highest BCUT2D eigenvalue weighted by Gasteiger charge is 2.44. The van der Waals surface area contributed by atoms with Crippen LogP contribution in [0.2, 0.25) is 0 Å². The monoisotopic (exact) mass is 315 g/mol. The van der Waals surface area contributed by atoms with Crippen LogP contribution in [0.25, 0.3) is 10.9 Å². The second-order valence-electron chi connectivity index (χ2n) is 6.25. The third-order valence-corrected chi connectivity index (χ3v) is 4.29. The standard InChI is InChI=1S/C17H21N3O3/c1-17(5-6-17)16(22)19-9-12-7-11-3-4-13(8-14(11)20-12)23-10-15(21)18-2/h3-4,7-8,20H,5-6,9-10H2,1-2H3,(H,18,21)(H,19,22). The van der Waals surface area contributed by atoms with Crippen molar-refractivity contribution >= 4 is 22.7 Å². The normalized spacial score (nSPS) is 15.2. The molecule has 0 spiro atoms. The zero-order chi connectivity index (χ0) is 16.4. The van der Waals surface area contributed by atoms with Crippen molar-refractivity contribution in [1.29, 1.82) is 0 Å². The van der Waals surface area contributed by atoms with Gasteiger partial charge < -0.3 is 20.4 Å². The average molecular weight is 315 g/mol. The van der Waals surface area contributed by atoms with Gasteiger partial charge in [0.1, 0.15) is 5.75 Å². The van der Waals surface area contributed by atoms with Gasteiger partial charge in [-0.25, -0.2) is 0 Å². The molecule has 1 heterocycles. The molecule has 3 rings (SSSR count). The fourth-order valence-corrected chi connectivity index (χ4v) is 2.38. The third kappa shape index (κ3) is 3.47. The zero-order valence-electron chi connectivity index (χ0n) is 13.4. The van der Waals surface area contributed by atoms with Gasteiger partial charge in [-0.1, -0.05) is 6.92 Å². The van der Waals surface area contributed by atoms with Crippen LogP contribution in [0, 0.1) is 5.41 Å². The van der Waals surface area contributed by atoms with Crippen molar-refractivity contribution < 1.29 is 14.3 Å². The maximum atomic E-state index is 12.0. The van der Waals surface area contributed by atoms with Crippen molar-refractivity contribution in [2.45, 2.75) is 26.3 Å². The van der Waals surface area contributed by atoms with Crippen molar-refractivity contribution in [3.63, 3.8) is 0 Å². The molecule has 6 heteroatoms. The van der Waals surface area contributed by atoms with Gasteiger partial charge >= 0.3 is 0 Å². The van der Waals surface area contributed by atoms with Crippen LogP contribution in [-0.4, -0.2) is 30.5 Å². The summed E-state index contributed by atoms with van der Waals surface area (Å²) in [5.41, 5.74) is 1.70.